The summed E-state index contributed by atoms with van der Waals surface area (Å²) in [5.41, 5.74) is 0.930. The molecule has 13 heavy (non-hydrogen) atoms. The van der Waals surface area contributed by atoms with Gasteiger partial charge in [-0.05, 0) is 46.5 Å². The van der Waals surface area contributed by atoms with Crippen LogP contribution in [0, 0.1) is 5.82 Å². The minimum absolute atomic E-state index is 0.129. The molecule has 1 saturated carbocycles. The zero-order chi connectivity index (χ0) is 9.47. The van der Waals surface area contributed by atoms with Gasteiger partial charge in [0, 0.05) is 7.11 Å². The van der Waals surface area contributed by atoms with Gasteiger partial charge in [0.25, 0.3) is 0 Å². The molecule has 0 radical (unpaired) electrons. The average Bonchev–Trinajstić information content (AvgIpc) is 2.90. The first-order valence-electron chi connectivity index (χ1n) is 4.19. The number of hydrogen-bond donors (Lipinski definition) is 0. The van der Waals surface area contributed by atoms with Gasteiger partial charge in [0.15, 0.2) is 0 Å². The normalized spacial score (nSPS) is 18.7. The van der Waals surface area contributed by atoms with Crippen LogP contribution in [-0.4, -0.2) is 7.11 Å². The number of benzene rings is 1. The smallest absolute Gasteiger partial charge is 0.137 e. The van der Waals surface area contributed by atoms with Gasteiger partial charge in [0.2, 0.25) is 0 Å². The molecule has 2 rings (SSSR count). The molecule has 1 aliphatic carbocycles. The fraction of sp³-hybridized carbons (Fsp3) is 0.400. The van der Waals surface area contributed by atoms with Crippen molar-refractivity contribution in [2.75, 3.05) is 7.11 Å². The van der Waals surface area contributed by atoms with E-state index in [1.807, 2.05) is 0 Å². The van der Waals surface area contributed by atoms with E-state index < -0.39 is 0 Å². The lowest BCUT2D eigenvalue weighted by Crippen LogP contribution is -2.08. The minimum atomic E-state index is -0.226. The van der Waals surface area contributed by atoms with Gasteiger partial charge < -0.3 is 4.74 Å². The highest BCUT2D eigenvalue weighted by molar-refractivity contribution is 9.10. The molecule has 1 nitrogen and oxygen atoms in total. The Bertz CT molecular complexity index is 334. The lowest BCUT2D eigenvalue weighted by molar-refractivity contribution is 0.0788. The molecule has 70 valence electrons. The highest BCUT2D eigenvalue weighted by Gasteiger charge is 2.44. The molecule has 0 aromatic heterocycles. The molecule has 0 heterocycles. The van der Waals surface area contributed by atoms with Gasteiger partial charge in [-0.25, -0.2) is 4.39 Å². The molecule has 1 fully saturated rings. The van der Waals surface area contributed by atoms with Crippen LogP contribution < -0.4 is 0 Å². The van der Waals surface area contributed by atoms with E-state index in [1.165, 1.54) is 6.07 Å². The van der Waals surface area contributed by atoms with Crippen LogP contribution in [0.25, 0.3) is 0 Å². The highest BCUT2D eigenvalue weighted by atomic mass is 79.9. The number of halogens is 2. The molecule has 0 saturated heterocycles. The summed E-state index contributed by atoms with van der Waals surface area (Å²) in [5.74, 6) is -0.226. The van der Waals surface area contributed by atoms with Crippen LogP contribution in [0.15, 0.2) is 22.7 Å². The summed E-state index contributed by atoms with van der Waals surface area (Å²) in [4.78, 5) is 0. The summed E-state index contributed by atoms with van der Waals surface area (Å²) in [6.45, 7) is 0. The number of hydrogen-bond acceptors (Lipinski definition) is 1. The van der Waals surface area contributed by atoms with Crippen LogP contribution >= 0.6 is 15.9 Å². The SMILES string of the molecule is COC1(c2ccc(F)c(Br)c2)CC1. The van der Waals surface area contributed by atoms with Crippen molar-refractivity contribution >= 4 is 15.9 Å². The van der Waals surface area contributed by atoms with E-state index in [4.69, 9.17) is 4.74 Å². The van der Waals surface area contributed by atoms with Gasteiger partial charge in [-0.15, -0.1) is 0 Å². The summed E-state index contributed by atoms with van der Waals surface area (Å²) >= 11 is 3.16. The van der Waals surface area contributed by atoms with E-state index in [2.05, 4.69) is 15.9 Å². The fourth-order valence-electron chi connectivity index (χ4n) is 1.50. The summed E-state index contributed by atoms with van der Waals surface area (Å²) < 4.78 is 18.8. The maximum Gasteiger partial charge on any atom is 0.137 e. The molecule has 0 spiro atoms. The van der Waals surface area contributed by atoms with Gasteiger partial charge in [0.1, 0.15) is 5.82 Å². The van der Waals surface area contributed by atoms with Crippen molar-refractivity contribution < 1.29 is 9.13 Å². The molecule has 0 atom stereocenters. The van der Waals surface area contributed by atoms with Gasteiger partial charge in [-0.3, -0.25) is 0 Å². The Balaban J connectivity index is 2.37. The van der Waals surface area contributed by atoms with Crippen molar-refractivity contribution in [2.24, 2.45) is 0 Å². The fourth-order valence-corrected chi connectivity index (χ4v) is 1.88. The van der Waals surface area contributed by atoms with Gasteiger partial charge in [-0.2, -0.15) is 0 Å². The van der Waals surface area contributed by atoms with E-state index in [0.717, 1.165) is 18.4 Å². The maximum atomic E-state index is 12.9. The van der Waals surface area contributed by atoms with Crippen LogP contribution in [0.5, 0.6) is 0 Å². The molecule has 0 bridgehead atoms. The minimum Gasteiger partial charge on any atom is -0.374 e. The lowest BCUT2D eigenvalue weighted by atomic mass is 10.1. The van der Waals surface area contributed by atoms with Crippen LogP contribution in [0.1, 0.15) is 18.4 Å². The monoisotopic (exact) mass is 244 g/mol. The van der Waals surface area contributed by atoms with Crippen LogP contribution in [0.3, 0.4) is 0 Å². The van der Waals surface area contributed by atoms with Gasteiger partial charge >= 0.3 is 0 Å². The summed E-state index contributed by atoms with van der Waals surface area (Å²) in [6.07, 6.45) is 2.06. The highest BCUT2D eigenvalue weighted by Crippen LogP contribution is 2.49. The van der Waals surface area contributed by atoms with Crippen molar-refractivity contribution in [3.63, 3.8) is 0 Å². The first-order valence-corrected chi connectivity index (χ1v) is 4.98. The van der Waals surface area contributed by atoms with E-state index in [9.17, 15) is 4.39 Å². The first kappa shape index (κ1) is 9.16. The Morgan fingerprint density at radius 2 is 2.15 bits per heavy atom. The Labute approximate surface area is 85.0 Å². The molecule has 0 amide bonds. The predicted octanol–water partition coefficient (Wildman–Crippen LogP) is 3.22. The lowest BCUT2D eigenvalue weighted by Gasteiger charge is -2.13. The molecule has 1 aromatic carbocycles. The topological polar surface area (TPSA) is 9.23 Å². The molecule has 1 aromatic rings. The number of rotatable bonds is 2. The van der Waals surface area contributed by atoms with Crippen molar-refractivity contribution in [3.05, 3.63) is 34.1 Å². The van der Waals surface area contributed by atoms with Crippen molar-refractivity contribution in [2.45, 2.75) is 18.4 Å². The second kappa shape index (κ2) is 3.07. The predicted molar refractivity (Wildman–Crippen MR) is 52.0 cm³/mol. The average molecular weight is 245 g/mol. The van der Waals surface area contributed by atoms with Crippen LogP contribution in [-0.2, 0) is 10.3 Å². The molecule has 0 N–H and O–H groups in total. The standard InChI is InChI=1S/C10H10BrFO/c1-13-10(4-5-10)7-2-3-9(12)8(11)6-7/h2-3,6H,4-5H2,1H3. The molecular weight excluding hydrogens is 235 g/mol. The number of methoxy groups -OCH3 is 1. The molecule has 3 heteroatoms. The summed E-state index contributed by atoms with van der Waals surface area (Å²) in [7, 11) is 1.70. The van der Waals surface area contributed by atoms with E-state index in [-0.39, 0.29) is 11.4 Å². The summed E-state index contributed by atoms with van der Waals surface area (Å²) in [5, 5.41) is 0. The molecular formula is C10H10BrFO. The second-order valence-electron chi connectivity index (χ2n) is 3.33. The van der Waals surface area contributed by atoms with Gasteiger partial charge in [-0.1, -0.05) is 6.07 Å². The van der Waals surface area contributed by atoms with Crippen molar-refractivity contribution in [1.29, 1.82) is 0 Å². The van der Waals surface area contributed by atoms with E-state index >= 15 is 0 Å². The van der Waals surface area contributed by atoms with E-state index in [1.54, 1.807) is 19.2 Å². The third kappa shape index (κ3) is 1.51. The molecule has 1 aliphatic rings. The Hall–Kier alpha value is -0.410. The molecule has 0 unspecified atom stereocenters. The van der Waals surface area contributed by atoms with Crippen LogP contribution in [0.4, 0.5) is 4.39 Å². The molecule has 0 aliphatic heterocycles. The first-order chi connectivity index (χ1) is 6.18. The van der Waals surface area contributed by atoms with Crippen molar-refractivity contribution in [3.8, 4) is 0 Å². The third-order valence-corrected chi connectivity index (χ3v) is 3.15. The third-order valence-electron chi connectivity index (χ3n) is 2.54. The quantitative estimate of drug-likeness (QED) is 0.777. The maximum absolute atomic E-state index is 12.9. The second-order valence-corrected chi connectivity index (χ2v) is 4.18. The Kier molecular flexibility index (Phi) is 2.16. The van der Waals surface area contributed by atoms with Gasteiger partial charge in [0.05, 0.1) is 10.1 Å². The summed E-state index contributed by atoms with van der Waals surface area (Å²) in [6, 6.07) is 5.06. The number of ether oxygens (including phenoxy) is 1. The zero-order valence-electron chi connectivity index (χ0n) is 7.31. The zero-order valence-corrected chi connectivity index (χ0v) is 8.90. The Morgan fingerprint density at radius 1 is 1.46 bits per heavy atom. The Morgan fingerprint density at radius 3 is 2.62 bits per heavy atom. The van der Waals surface area contributed by atoms with E-state index in [0.29, 0.717) is 4.47 Å². The largest absolute Gasteiger partial charge is 0.374 e. The van der Waals surface area contributed by atoms with Crippen LogP contribution in [0.2, 0.25) is 0 Å². The van der Waals surface area contributed by atoms with Crippen molar-refractivity contribution in [1.82, 2.24) is 0 Å².